The van der Waals surface area contributed by atoms with E-state index in [1.165, 1.54) is 11.4 Å². The van der Waals surface area contributed by atoms with Gasteiger partial charge in [-0.05, 0) is 18.1 Å². The van der Waals surface area contributed by atoms with Crippen LogP contribution in [0.4, 0.5) is 0 Å². The fourth-order valence-corrected chi connectivity index (χ4v) is 2.05. The molecule has 0 atom stereocenters. The summed E-state index contributed by atoms with van der Waals surface area (Å²) in [6, 6.07) is 10.5. The van der Waals surface area contributed by atoms with Gasteiger partial charge in [0, 0.05) is 23.5 Å². The van der Waals surface area contributed by atoms with Crippen molar-refractivity contribution in [1.29, 1.82) is 0 Å². The van der Waals surface area contributed by atoms with Gasteiger partial charge in [0.1, 0.15) is 5.82 Å². The lowest BCUT2D eigenvalue weighted by Gasteiger charge is -2.15. The Morgan fingerprint density at radius 1 is 0.941 bits per heavy atom. The first-order valence-electron chi connectivity index (χ1n) is 6.24. The molecule has 90 valence electrons. The Labute approximate surface area is 103 Å². The number of imidazole rings is 1. The maximum atomic E-state index is 4.58. The molecule has 0 bridgehead atoms. The molecule has 2 nitrogen and oxygen atoms in total. The standard InChI is InChI=1S/C15H20N2/c1-11(2)14-10-16-15(12(3)4)17(14)13-8-6-5-7-9-13/h5-12H,1-4H3. The number of rotatable bonds is 3. The summed E-state index contributed by atoms with van der Waals surface area (Å²) in [6.07, 6.45) is 2.01. The van der Waals surface area contributed by atoms with Crippen LogP contribution in [0.25, 0.3) is 5.69 Å². The summed E-state index contributed by atoms with van der Waals surface area (Å²) < 4.78 is 2.29. The van der Waals surface area contributed by atoms with Crippen molar-refractivity contribution in [3.8, 4) is 5.69 Å². The Morgan fingerprint density at radius 2 is 1.59 bits per heavy atom. The van der Waals surface area contributed by atoms with Crippen LogP contribution in [0.3, 0.4) is 0 Å². The molecule has 2 aromatic rings. The highest BCUT2D eigenvalue weighted by molar-refractivity contribution is 5.36. The number of para-hydroxylation sites is 1. The van der Waals surface area contributed by atoms with Crippen LogP contribution in [-0.2, 0) is 0 Å². The van der Waals surface area contributed by atoms with Gasteiger partial charge in [0.2, 0.25) is 0 Å². The van der Waals surface area contributed by atoms with E-state index in [1.54, 1.807) is 0 Å². The van der Waals surface area contributed by atoms with Gasteiger partial charge in [-0.2, -0.15) is 0 Å². The topological polar surface area (TPSA) is 17.8 Å². The van der Waals surface area contributed by atoms with Crippen LogP contribution in [0, 0.1) is 0 Å². The van der Waals surface area contributed by atoms with Gasteiger partial charge in [0.05, 0.1) is 0 Å². The molecule has 17 heavy (non-hydrogen) atoms. The third kappa shape index (κ3) is 2.26. The predicted molar refractivity (Wildman–Crippen MR) is 71.7 cm³/mol. The minimum absolute atomic E-state index is 0.433. The van der Waals surface area contributed by atoms with Crippen molar-refractivity contribution in [1.82, 2.24) is 9.55 Å². The normalized spacial score (nSPS) is 11.4. The van der Waals surface area contributed by atoms with Gasteiger partial charge < -0.3 is 4.57 Å². The van der Waals surface area contributed by atoms with Crippen LogP contribution in [-0.4, -0.2) is 9.55 Å². The summed E-state index contributed by atoms with van der Waals surface area (Å²) in [7, 11) is 0. The highest BCUT2D eigenvalue weighted by atomic mass is 15.1. The molecule has 1 heterocycles. The molecule has 0 amide bonds. The Kier molecular flexibility index (Phi) is 3.32. The Morgan fingerprint density at radius 3 is 2.12 bits per heavy atom. The van der Waals surface area contributed by atoms with Crippen LogP contribution in [0.5, 0.6) is 0 Å². The van der Waals surface area contributed by atoms with Crippen LogP contribution < -0.4 is 0 Å². The largest absolute Gasteiger partial charge is 0.300 e. The van der Waals surface area contributed by atoms with E-state index in [0.29, 0.717) is 11.8 Å². The molecule has 0 unspecified atom stereocenters. The zero-order chi connectivity index (χ0) is 12.4. The Bertz CT molecular complexity index is 455. The second-order valence-electron chi connectivity index (χ2n) is 5.02. The molecular weight excluding hydrogens is 208 g/mol. The van der Waals surface area contributed by atoms with Gasteiger partial charge in [0.25, 0.3) is 0 Å². The van der Waals surface area contributed by atoms with E-state index in [1.807, 2.05) is 12.3 Å². The number of nitrogens with zero attached hydrogens (tertiary/aromatic N) is 2. The third-order valence-corrected chi connectivity index (χ3v) is 2.94. The Balaban J connectivity index is 2.60. The molecule has 0 N–H and O–H groups in total. The molecule has 1 aromatic carbocycles. The lowest BCUT2D eigenvalue weighted by Crippen LogP contribution is -2.07. The van der Waals surface area contributed by atoms with Crippen LogP contribution >= 0.6 is 0 Å². The molecule has 0 fully saturated rings. The summed E-state index contributed by atoms with van der Waals surface area (Å²) >= 11 is 0. The maximum Gasteiger partial charge on any atom is 0.116 e. The van der Waals surface area contributed by atoms with E-state index < -0.39 is 0 Å². The average molecular weight is 228 g/mol. The number of benzene rings is 1. The van der Waals surface area contributed by atoms with Gasteiger partial charge in [-0.25, -0.2) is 4.98 Å². The lowest BCUT2D eigenvalue weighted by molar-refractivity contribution is 0.712. The van der Waals surface area contributed by atoms with E-state index in [2.05, 4.69) is 61.5 Å². The van der Waals surface area contributed by atoms with Crippen molar-refractivity contribution in [2.45, 2.75) is 39.5 Å². The summed E-state index contributed by atoms with van der Waals surface area (Å²) in [4.78, 5) is 4.58. The average Bonchev–Trinajstić information content (AvgIpc) is 2.74. The number of aromatic nitrogens is 2. The fourth-order valence-electron chi connectivity index (χ4n) is 2.05. The molecule has 0 aliphatic heterocycles. The summed E-state index contributed by atoms with van der Waals surface area (Å²) in [6.45, 7) is 8.79. The van der Waals surface area contributed by atoms with Crippen LogP contribution in [0.1, 0.15) is 51.0 Å². The van der Waals surface area contributed by atoms with E-state index in [0.717, 1.165) is 5.82 Å². The predicted octanol–water partition coefficient (Wildman–Crippen LogP) is 4.12. The van der Waals surface area contributed by atoms with Crippen molar-refractivity contribution in [3.05, 3.63) is 48.0 Å². The van der Waals surface area contributed by atoms with Gasteiger partial charge in [-0.15, -0.1) is 0 Å². The smallest absolute Gasteiger partial charge is 0.116 e. The van der Waals surface area contributed by atoms with Gasteiger partial charge in [0.15, 0.2) is 0 Å². The maximum absolute atomic E-state index is 4.58. The first-order valence-corrected chi connectivity index (χ1v) is 6.24. The highest BCUT2D eigenvalue weighted by Gasteiger charge is 2.16. The third-order valence-electron chi connectivity index (χ3n) is 2.94. The molecular formula is C15H20N2. The minimum atomic E-state index is 0.433. The first kappa shape index (κ1) is 11.9. The van der Waals surface area contributed by atoms with Crippen molar-refractivity contribution in [2.24, 2.45) is 0 Å². The summed E-state index contributed by atoms with van der Waals surface area (Å²) in [5.41, 5.74) is 2.48. The zero-order valence-corrected chi connectivity index (χ0v) is 11.0. The van der Waals surface area contributed by atoms with Crippen molar-refractivity contribution in [2.75, 3.05) is 0 Å². The molecule has 0 saturated carbocycles. The molecule has 0 aliphatic carbocycles. The molecule has 2 heteroatoms. The van der Waals surface area contributed by atoms with E-state index in [9.17, 15) is 0 Å². The SMILES string of the molecule is CC(C)c1cnc(C(C)C)n1-c1ccccc1. The number of hydrogen-bond acceptors (Lipinski definition) is 1. The monoisotopic (exact) mass is 228 g/mol. The molecule has 1 aromatic heterocycles. The quantitative estimate of drug-likeness (QED) is 0.772. The molecule has 0 saturated heterocycles. The van der Waals surface area contributed by atoms with Gasteiger partial charge in [-0.1, -0.05) is 45.9 Å². The van der Waals surface area contributed by atoms with Crippen molar-refractivity contribution < 1.29 is 0 Å². The van der Waals surface area contributed by atoms with Gasteiger partial charge in [-0.3, -0.25) is 0 Å². The Hall–Kier alpha value is -1.57. The van der Waals surface area contributed by atoms with Crippen molar-refractivity contribution >= 4 is 0 Å². The summed E-state index contributed by atoms with van der Waals surface area (Å²) in [5, 5.41) is 0. The van der Waals surface area contributed by atoms with Crippen LogP contribution in [0.2, 0.25) is 0 Å². The zero-order valence-electron chi connectivity index (χ0n) is 11.0. The first-order chi connectivity index (χ1) is 8.11. The van der Waals surface area contributed by atoms with E-state index in [-0.39, 0.29) is 0 Å². The highest BCUT2D eigenvalue weighted by Crippen LogP contribution is 2.25. The van der Waals surface area contributed by atoms with Crippen molar-refractivity contribution in [3.63, 3.8) is 0 Å². The number of hydrogen-bond donors (Lipinski definition) is 0. The summed E-state index contributed by atoms with van der Waals surface area (Å²) in [5.74, 6) is 2.05. The fraction of sp³-hybridized carbons (Fsp3) is 0.400. The second-order valence-corrected chi connectivity index (χ2v) is 5.02. The van der Waals surface area contributed by atoms with E-state index >= 15 is 0 Å². The lowest BCUT2D eigenvalue weighted by atomic mass is 10.1. The van der Waals surface area contributed by atoms with Crippen LogP contribution in [0.15, 0.2) is 36.5 Å². The molecule has 0 aliphatic rings. The van der Waals surface area contributed by atoms with E-state index in [4.69, 9.17) is 0 Å². The van der Waals surface area contributed by atoms with Gasteiger partial charge >= 0.3 is 0 Å². The molecule has 0 spiro atoms. The molecule has 0 radical (unpaired) electrons. The molecule has 2 rings (SSSR count). The second kappa shape index (κ2) is 4.74. The minimum Gasteiger partial charge on any atom is -0.300 e.